The number of hydrogen-bond acceptors (Lipinski definition) is 5. The van der Waals surface area contributed by atoms with Crippen molar-refractivity contribution in [3.63, 3.8) is 0 Å². The van der Waals surface area contributed by atoms with Crippen LogP contribution < -0.4 is 5.73 Å². The molecular formula is C17H22N2O5. The summed E-state index contributed by atoms with van der Waals surface area (Å²) in [6.45, 7) is 4.25. The lowest BCUT2D eigenvalue weighted by Crippen LogP contribution is -2.45. The van der Waals surface area contributed by atoms with Crippen molar-refractivity contribution in [1.82, 2.24) is 4.90 Å². The number of nitrogens with zero attached hydrogens (tertiary/aromatic N) is 1. The smallest absolute Gasteiger partial charge is 0.305 e. The number of hydrogen-bond donors (Lipinski definition) is 2. The maximum atomic E-state index is 12.4. The van der Waals surface area contributed by atoms with Gasteiger partial charge in [0.2, 0.25) is 5.91 Å². The standard InChI is InChI=1S/C17H22N2O5/c1-10(2)9-24-15(21)7-6-13(16(18)22)19-8-12-11(17(19)23)4-3-5-14(12)20/h3-5,10,13,20H,6-9H2,1-2H3,(H2,18,22)/t13-/m0/s1. The second-order valence-corrected chi connectivity index (χ2v) is 6.27. The molecule has 24 heavy (non-hydrogen) atoms. The Kier molecular flexibility index (Phi) is 5.43. The van der Waals surface area contributed by atoms with Crippen LogP contribution in [-0.4, -0.2) is 40.4 Å². The third-order valence-corrected chi connectivity index (χ3v) is 3.88. The number of ether oxygens (including phenoxy) is 1. The second kappa shape index (κ2) is 7.33. The van der Waals surface area contributed by atoms with E-state index in [-0.39, 0.29) is 37.0 Å². The number of phenolic OH excluding ortho intramolecular Hbond substituents is 1. The van der Waals surface area contributed by atoms with Crippen molar-refractivity contribution in [2.45, 2.75) is 39.3 Å². The summed E-state index contributed by atoms with van der Waals surface area (Å²) in [5.41, 5.74) is 6.23. The van der Waals surface area contributed by atoms with Gasteiger partial charge >= 0.3 is 5.97 Å². The van der Waals surface area contributed by atoms with Gasteiger partial charge in [0, 0.05) is 17.5 Å². The fourth-order valence-corrected chi connectivity index (χ4v) is 2.63. The minimum absolute atomic E-state index is 0.00270. The molecule has 3 N–H and O–H groups in total. The summed E-state index contributed by atoms with van der Waals surface area (Å²) in [5.74, 6) is -1.27. The highest BCUT2D eigenvalue weighted by Gasteiger charge is 2.36. The van der Waals surface area contributed by atoms with Crippen LogP contribution in [0, 0.1) is 5.92 Å². The van der Waals surface area contributed by atoms with Crippen molar-refractivity contribution in [1.29, 1.82) is 0 Å². The fraction of sp³-hybridized carbons (Fsp3) is 0.471. The Balaban J connectivity index is 2.05. The predicted molar refractivity (Wildman–Crippen MR) is 86.0 cm³/mol. The monoisotopic (exact) mass is 334 g/mol. The average molecular weight is 334 g/mol. The molecule has 1 aliphatic heterocycles. The van der Waals surface area contributed by atoms with Gasteiger partial charge in [0.05, 0.1) is 13.2 Å². The molecule has 2 rings (SSSR count). The van der Waals surface area contributed by atoms with E-state index in [0.717, 1.165) is 0 Å². The van der Waals surface area contributed by atoms with Crippen molar-refractivity contribution in [3.8, 4) is 5.75 Å². The van der Waals surface area contributed by atoms with E-state index in [0.29, 0.717) is 17.7 Å². The molecule has 0 spiro atoms. The van der Waals surface area contributed by atoms with Gasteiger partial charge in [-0.25, -0.2) is 0 Å². The van der Waals surface area contributed by atoms with Crippen LogP contribution in [0.5, 0.6) is 5.75 Å². The van der Waals surface area contributed by atoms with E-state index in [9.17, 15) is 19.5 Å². The Morgan fingerprint density at radius 1 is 1.38 bits per heavy atom. The third-order valence-electron chi connectivity index (χ3n) is 3.88. The highest BCUT2D eigenvalue weighted by molar-refractivity contribution is 6.01. The molecule has 1 heterocycles. The Bertz CT molecular complexity index is 656. The van der Waals surface area contributed by atoms with Crippen molar-refractivity contribution in [2.24, 2.45) is 11.7 Å². The van der Waals surface area contributed by atoms with Crippen LogP contribution >= 0.6 is 0 Å². The normalized spacial score (nSPS) is 14.6. The minimum atomic E-state index is -0.920. The van der Waals surface area contributed by atoms with E-state index in [1.54, 1.807) is 12.1 Å². The van der Waals surface area contributed by atoms with Crippen molar-refractivity contribution in [2.75, 3.05) is 6.61 Å². The minimum Gasteiger partial charge on any atom is -0.508 e. The molecule has 0 fully saturated rings. The number of benzene rings is 1. The fourth-order valence-electron chi connectivity index (χ4n) is 2.63. The van der Waals surface area contributed by atoms with Gasteiger partial charge in [-0.3, -0.25) is 14.4 Å². The van der Waals surface area contributed by atoms with Gasteiger partial charge in [-0.15, -0.1) is 0 Å². The molecule has 0 radical (unpaired) electrons. The summed E-state index contributed by atoms with van der Waals surface area (Å²) in [7, 11) is 0. The van der Waals surface area contributed by atoms with E-state index >= 15 is 0 Å². The lowest BCUT2D eigenvalue weighted by Gasteiger charge is -2.24. The number of amides is 2. The zero-order chi connectivity index (χ0) is 17.9. The first-order valence-corrected chi connectivity index (χ1v) is 7.88. The third kappa shape index (κ3) is 3.84. The molecule has 1 aliphatic rings. The van der Waals surface area contributed by atoms with Gasteiger partial charge in [-0.05, 0) is 24.5 Å². The van der Waals surface area contributed by atoms with E-state index < -0.39 is 17.9 Å². The molecule has 7 heteroatoms. The van der Waals surface area contributed by atoms with Crippen LogP contribution in [-0.2, 0) is 20.9 Å². The predicted octanol–water partition coefficient (Wildman–Crippen LogP) is 1.18. The molecule has 0 aromatic heterocycles. The number of carbonyl (C=O) groups is 3. The molecule has 0 bridgehead atoms. The zero-order valence-electron chi connectivity index (χ0n) is 13.8. The van der Waals surface area contributed by atoms with Crippen molar-refractivity contribution in [3.05, 3.63) is 29.3 Å². The topological polar surface area (TPSA) is 110 Å². The van der Waals surface area contributed by atoms with Gasteiger partial charge in [0.25, 0.3) is 5.91 Å². The number of aromatic hydroxyl groups is 1. The van der Waals surface area contributed by atoms with Crippen LogP contribution in [0.25, 0.3) is 0 Å². The number of primary amides is 1. The van der Waals surface area contributed by atoms with E-state index in [2.05, 4.69) is 0 Å². The molecule has 1 atom stereocenters. The van der Waals surface area contributed by atoms with Gasteiger partial charge in [0.1, 0.15) is 11.8 Å². The first-order valence-electron chi connectivity index (χ1n) is 7.88. The van der Waals surface area contributed by atoms with E-state index in [1.807, 2.05) is 13.8 Å². The van der Waals surface area contributed by atoms with Crippen LogP contribution in [0.1, 0.15) is 42.6 Å². The molecule has 1 aromatic carbocycles. The number of fused-ring (bicyclic) bond motifs is 1. The van der Waals surface area contributed by atoms with Crippen molar-refractivity contribution < 1.29 is 24.2 Å². The van der Waals surface area contributed by atoms with Gasteiger partial charge < -0.3 is 20.5 Å². The van der Waals surface area contributed by atoms with Gasteiger partial charge in [0.15, 0.2) is 0 Å². The largest absolute Gasteiger partial charge is 0.508 e. The number of carbonyl (C=O) groups excluding carboxylic acids is 3. The molecule has 0 unspecified atom stereocenters. The molecule has 130 valence electrons. The first-order chi connectivity index (χ1) is 11.3. The Labute approximate surface area is 140 Å². The SMILES string of the molecule is CC(C)COC(=O)CC[C@@H](C(N)=O)N1Cc2c(O)cccc2C1=O. The Hall–Kier alpha value is -2.57. The summed E-state index contributed by atoms with van der Waals surface area (Å²) < 4.78 is 5.07. The van der Waals surface area contributed by atoms with Crippen molar-refractivity contribution >= 4 is 17.8 Å². The summed E-state index contributed by atoms with van der Waals surface area (Å²) in [5, 5.41) is 9.86. The quantitative estimate of drug-likeness (QED) is 0.728. The van der Waals surface area contributed by atoms with Crippen LogP contribution in [0.3, 0.4) is 0 Å². The van der Waals surface area contributed by atoms with E-state index in [1.165, 1.54) is 11.0 Å². The van der Waals surface area contributed by atoms with Gasteiger partial charge in [-0.1, -0.05) is 19.9 Å². The average Bonchev–Trinajstić information content (AvgIpc) is 2.84. The Morgan fingerprint density at radius 2 is 2.08 bits per heavy atom. The Morgan fingerprint density at radius 3 is 2.67 bits per heavy atom. The molecule has 0 saturated carbocycles. The molecule has 2 amide bonds. The molecule has 0 saturated heterocycles. The van der Waals surface area contributed by atoms with Crippen LogP contribution in [0.15, 0.2) is 18.2 Å². The second-order valence-electron chi connectivity index (χ2n) is 6.27. The van der Waals surface area contributed by atoms with Crippen LogP contribution in [0.4, 0.5) is 0 Å². The lowest BCUT2D eigenvalue weighted by molar-refractivity contribution is -0.145. The molecule has 1 aromatic rings. The summed E-state index contributed by atoms with van der Waals surface area (Å²) in [4.78, 5) is 37.2. The lowest BCUT2D eigenvalue weighted by atomic mass is 10.1. The maximum absolute atomic E-state index is 12.4. The molecule has 0 aliphatic carbocycles. The zero-order valence-corrected chi connectivity index (χ0v) is 13.8. The number of rotatable bonds is 7. The summed E-state index contributed by atoms with van der Waals surface area (Å²) in [6, 6.07) is 3.72. The molecular weight excluding hydrogens is 312 g/mol. The number of esters is 1. The summed E-state index contributed by atoms with van der Waals surface area (Å²) >= 11 is 0. The molecule has 7 nitrogen and oxygen atoms in total. The maximum Gasteiger partial charge on any atom is 0.305 e. The number of phenols is 1. The first kappa shape index (κ1) is 17.8. The van der Waals surface area contributed by atoms with Crippen LogP contribution in [0.2, 0.25) is 0 Å². The van der Waals surface area contributed by atoms with Gasteiger partial charge in [-0.2, -0.15) is 0 Å². The number of nitrogens with two attached hydrogens (primary N) is 1. The highest BCUT2D eigenvalue weighted by atomic mass is 16.5. The summed E-state index contributed by atoms with van der Waals surface area (Å²) in [6.07, 6.45) is 0.0825. The highest BCUT2D eigenvalue weighted by Crippen LogP contribution is 2.31. The van der Waals surface area contributed by atoms with E-state index in [4.69, 9.17) is 10.5 Å².